The Morgan fingerprint density at radius 1 is 1.24 bits per heavy atom. The lowest BCUT2D eigenvalue weighted by atomic mass is 9.76. The molecule has 2 N–H and O–H groups in total. The number of carbonyl (C=O) groups is 1. The molecule has 0 saturated heterocycles. The molecule has 0 atom stereocenters. The predicted octanol–water partition coefficient (Wildman–Crippen LogP) is 3.03. The third kappa shape index (κ3) is 3.46. The Labute approximate surface area is 127 Å². The summed E-state index contributed by atoms with van der Waals surface area (Å²) in [4.78, 5) is 12.4. The number of nitrogens with one attached hydrogen (secondary N) is 2. The Kier molecular flexibility index (Phi) is 4.29. The molecule has 3 nitrogen and oxygen atoms in total. The van der Waals surface area contributed by atoms with Gasteiger partial charge in [-0.05, 0) is 54.5 Å². The topological polar surface area (TPSA) is 41.1 Å². The molecule has 1 saturated carbocycles. The lowest BCUT2D eigenvalue weighted by Gasteiger charge is -2.33. The van der Waals surface area contributed by atoms with E-state index >= 15 is 0 Å². The highest BCUT2D eigenvalue weighted by Crippen LogP contribution is 2.35. The van der Waals surface area contributed by atoms with E-state index in [0.717, 1.165) is 31.6 Å². The number of carbonyl (C=O) groups excluding carboxylic acids is 1. The molecule has 114 valence electrons. The van der Waals surface area contributed by atoms with Crippen LogP contribution in [0.4, 0.5) is 0 Å². The fourth-order valence-corrected chi connectivity index (χ4v) is 3.60. The van der Waals surface area contributed by atoms with Gasteiger partial charge >= 0.3 is 0 Å². The van der Waals surface area contributed by atoms with E-state index in [0.29, 0.717) is 5.41 Å². The summed E-state index contributed by atoms with van der Waals surface area (Å²) in [6.07, 6.45) is 7.49. The van der Waals surface area contributed by atoms with Crippen molar-refractivity contribution in [2.24, 2.45) is 5.41 Å². The van der Waals surface area contributed by atoms with Gasteiger partial charge in [-0.15, -0.1) is 0 Å². The number of rotatable bonds is 3. The van der Waals surface area contributed by atoms with E-state index < -0.39 is 0 Å². The molecule has 1 heterocycles. The maximum Gasteiger partial charge on any atom is 0.251 e. The number of fused-ring (bicyclic) bond motifs is 1. The van der Waals surface area contributed by atoms with Crippen molar-refractivity contribution < 1.29 is 4.79 Å². The normalized spacial score (nSPS) is 20.6. The molecular weight excluding hydrogens is 260 g/mol. The van der Waals surface area contributed by atoms with E-state index in [-0.39, 0.29) is 5.91 Å². The second-order valence-electron chi connectivity index (χ2n) is 6.96. The molecule has 3 rings (SSSR count). The van der Waals surface area contributed by atoms with Gasteiger partial charge in [-0.25, -0.2) is 0 Å². The molecule has 1 amide bonds. The van der Waals surface area contributed by atoms with Crippen molar-refractivity contribution in [1.82, 2.24) is 10.6 Å². The van der Waals surface area contributed by atoms with Crippen molar-refractivity contribution in [3.8, 4) is 0 Å². The van der Waals surface area contributed by atoms with Crippen molar-refractivity contribution >= 4 is 5.91 Å². The van der Waals surface area contributed by atoms with Gasteiger partial charge in [0.2, 0.25) is 0 Å². The van der Waals surface area contributed by atoms with Crippen LogP contribution in [0.15, 0.2) is 18.2 Å². The molecule has 0 bridgehead atoms. The summed E-state index contributed by atoms with van der Waals surface area (Å²) < 4.78 is 0. The summed E-state index contributed by atoms with van der Waals surface area (Å²) in [5.41, 5.74) is 3.75. The third-order valence-corrected chi connectivity index (χ3v) is 5.09. The minimum Gasteiger partial charge on any atom is -0.351 e. The predicted molar refractivity (Wildman–Crippen MR) is 85.4 cm³/mol. The van der Waals surface area contributed by atoms with Crippen LogP contribution >= 0.6 is 0 Å². The molecule has 1 aromatic rings. The monoisotopic (exact) mass is 286 g/mol. The van der Waals surface area contributed by atoms with E-state index in [4.69, 9.17) is 0 Å². The second-order valence-corrected chi connectivity index (χ2v) is 6.96. The first-order valence-corrected chi connectivity index (χ1v) is 8.27. The maximum atomic E-state index is 12.4. The van der Waals surface area contributed by atoms with E-state index in [1.807, 2.05) is 6.07 Å². The Morgan fingerprint density at radius 2 is 2.05 bits per heavy atom. The van der Waals surface area contributed by atoms with Gasteiger partial charge in [-0.3, -0.25) is 4.79 Å². The summed E-state index contributed by atoms with van der Waals surface area (Å²) in [7, 11) is 0. The summed E-state index contributed by atoms with van der Waals surface area (Å²) in [6, 6.07) is 6.15. The summed E-state index contributed by atoms with van der Waals surface area (Å²) in [6.45, 7) is 5.04. The highest BCUT2D eigenvalue weighted by atomic mass is 16.1. The van der Waals surface area contributed by atoms with Crippen LogP contribution in [0.1, 0.15) is 60.5 Å². The number of hydrogen-bond donors (Lipinski definition) is 2. The van der Waals surface area contributed by atoms with Crippen molar-refractivity contribution in [2.75, 3.05) is 13.1 Å². The second kappa shape index (κ2) is 6.18. The Balaban J connectivity index is 1.62. The van der Waals surface area contributed by atoms with Crippen LogP contribution in [0.3, 0.4) is 0 Å². The molecule has 1 aliphatic carbocycles. The Bertz CT molecular complexity index is 518. The van der Waals surface area contributed by atoms with Crippen LogP contribution in [0.5, 0.6) is 0 Å². The molecule has 2 aliphatic rings. The summed E-state index contributed by atoms with van der Waals surface area (Å²) in [5, 5.41) is 6.52. The minimum atomic E-state index is 0.0789. The summed E-state index contributed by atoms with van der Waals surface area (Å²) in [5.74, 6) is 0.0789. The van der Waals surface area contributed by atoms with Crippen LogP contribution in [-0.2, 0) is 13.0 Å². The van der Waals surface area contributed by atoms with Crippen LogP contribution < -0.4 is 10.6 Å². The smallest absolute Gasteiger partial charge is 0.251 e. The molecule has 1 aliphatic heterocycles. The first kappa shape index (κ1) is 14.6. The van der Waals surface area contributed by atoms with Gasteiger partial charge in [-0.2, -0.15) is 0 Å². The zero-order valence-corrected chi connectivity index (χ0v) is 13.0. The lowest BCUT2D eigenvalue weighted by molar-refractivity contribution is 0.0919. The molecule has 21 heavy (non-hydrogen) atoms. The standard InChI is InChI=1S/C18H26N2O/c1-18(8-3-2-4-9-18)13-20-17(21)15-6-5-14-7-10-19-12-16(14)11-15/h5-6,11,19H,2-4,7-10,12-13H2,1H3,(H,20,21). The zero-order chi connectivity index (χ0) is 14.7. The fourth-order valence-electron chi connectivity index (χ4n) is 3.60. The van der Waals surface area contributed by atoms with Gasteiger partial charge in [0.15, 0.2) is 0 Å². The molecule has 3 heteroatoms. The highest BCUT2D eigenvalue weighted by molar-refractivity contribution is 5.94. The average Bonchev–Trinajstić information content (AvgIpc) is 2.53. The quantitative estimate of drug-likeness (QED) is 0.896. The van der Waals surface area contributed by atoms with Crippen LogP contribution in [-0.4, -0.2) is 19.0 Å². The van der Waals surface area contributed by atoms with E-state index in [1.54, 1.807) is 0 Å². The van der Waals surface area contributed by atoms with E-state index in [9.17, 15) is 4.79 Å². The van der Waals surface area contributed by atoms with Gasteiger partial charge < -0.3 is 10.6 Å². The van der Waals surface area contributed by atoms with Crippen LogP contribution in [0.25, 0.3) is 0 Å². The molecule has 0 unspecified atom stereocenters. The van der Waals surface area contributed by atoms with Gasteiger partial charge in [0.25, 0.3) is 5.91 Å². The van der Waals surface area contributed by atoms with Crippen LogP contribution in [0, 0.1) is 5.41 Å². The van der Waals surface area contributed by atoms with E-state index in [2.05, 4.69) is 29.7 Å². The molecule has 1 fully saturated rings. The molecule has 0 spiro atoms. The molecule has 0 radical (unpaired) electrons. The highest BCUT2D eigenvalue weighted by Gasteiger charge is 2.27. The minimum absolute atomic E-state index is 0.0789. The van der Waals surface area contributed by atoms with Crippen LogP contribution in [0.2, 0.25) is 0 Å². The maximum absolute atomic E-state index is 12.4. The lowest BCUT2D eigenvalue weighted by Crippen LogP contribution is -2.37. The third-order valence-electron chi connectivity index (χ3n) is 5.09. The van der Waals surface area contributed by atoms with Crippen molar-refractivity contribution in [3.05, 3.63) is 34.9 Å². The molecular formula is C18H26N2O. The van der Waals surface area contributed by atoms with Crippen molar-refractivity contribution in [2.45, 2.75) is 52.0 Å². The Morgan fingerprint density at radius 3 is 2.86 bits per heavy atom. The first-order chi connectivity index (χ1) is 10.2. The van der Waals surface area contributed by atoms with E-state index in [1.165, 1.54) is 43.2 Å². The number of benzene rings is 1. The number of hydrogen-bond acceptors (Lipinski definition) is 2. The van der Waals surface area contributed by atoms with Gasteiger partial charge in [0, 0.05) is 18.7 Å². The van der Waals surface area contributed by atoms with Crippen molar-refractivity contribution in [1.29, 1.82) is 0 Å². The zero-order valence-electron chi connectivity index (χ0n) is 13.0. The first-order valence-electron chi connectivity index (χ1n) is 8.27. The fraction of sp³-hybridized carbons (Fsp3) is 0.611. The van der Waals surface area contributed by atoms with Crippen molar-refractivity contribution in [3.63, 3.8) is 0 Å². The summed E-state index contributed by atoms with van der Waals surface area (Å²) >= 11 is 0. The molecule has 1 aromatic carbocycles. The average molecular weight is 286 g/mol. The SMILES string of the molecule is CC1(CNC(=O)c2ccc3c(c2)CNCC3)CCCCC1. The number of amides is 1. The van der Waals surface area contributed by atoms with Gasteiger partial charge in [-0.1, -0.05) is 32.3 Å². The Hall–Kier alpha value is -1.35. The molecule has 0 aromatic heterocycles. The van der Waals surface area contributed by atoms with Gasteiger partial charge in [0.05, 0.1) is 0 Å². The largest absolute Gasteiger partial charge is 0.351 e. The van der Waals surface area contributed by atoms with Gasteiger partial charge in [0.1, 0.15) is 0 Å².